The van der Waals surface area contributed by atoms with E-state index in [-0.39, 0.29) is 31.4 Å². The summed E-state index contributed by atoms with van der Waals surface area (Å²) < 4.78 is 40.9. The standard InChI is InChI=1S/C16H17F3N4O4/c1-21-9-22(8-13(21)24)15(26)20-12-5-6-23(14(12)25)10-3-2-4-11(7-10)27-16(17,18)19/h2-4,7,12H,5-6,8-9H2,1H3,(H,20,26). The predicted octanol–water partition coefficient (Wildman–Crippen LogP) is 1.13. The van der Waals surface area contributed by atoms with Gasteiger partial charge in [0.2, 0.25) is 11.8 Å². The molecule has 2 fully saturated rings. The fourth-order valence-corrected chi connectivity index (χ4v) is 2.96. The summed E-state index contributed by atoms with van der Waals surface area (Å²) in [6.45, 7) is 0.300. The van der Waals surface area contributed by atoms with Crippen LogP contribution in [0.4, 0.5) is 23.7 Å². The Morgan fingerprint density at radius 3 is 2.67 bits per heavy atom. The molecule has 1 atom stereocenters. The first-order valence-corrected chi connectivity index (χ1v) is 8.10. The third-order valence-electron chi connectivity index (χ3n) is 4.29. The fraction of sp³-hybridized carbons (Fsp3) is 0.438. The molecule has 0 radical (unpaired) electrons. The predicted molar refractivity (Wildman–Crippen MR) is 86.8 cm³/mol. The van der Waals surface area contributed by atoms with Crippen molar-refractivity contribution in [1.29, 1.82) is 0 Å². The maximum absolute atomic E-state index is 12.5. The first-order valence-electron chi connectivity index (χ1n) is 8.10. The average molecular weight is 386 g/mol. The SMILES string of the molecule is CN1CN(C(=O)NC2CCN(c3cccc(OC(F)(F)F)c3)C2=O)CC1=O. The molecule has 0 bridgehead atoms. The van der Waals surface area contributed by atoms with Crippen molar-refractivity contribution in [3.8, 4) is 5.75 Å². The first-order chi connectivity index (χ1) is 12.6. The van der Waals surface area contributed by atoms with Crippen LogP contribution in [0, 0.1) is 0 Å². The Morgan fingerprint density at radius 1 is 1.30 bits per heavy atom. The summed E-state index contributed by atoms with van der Waals surface area (Å²) in [5.74, 6) is -1.07. The molecule has 2 heterocycles. The molecule has 1 N–H and O–H groups in total. The minimum atomic E-state index is -4.83. The number of urea groups is 1. The molecule has 0 saturated carbocycles. The second-order valence-electron chi connectivity index (χ2n) is 6.26. The molecule has 0 aliphatic carbocycles. The fourth-order valence-electron chi connectivity index (χ4n) is 2.96. The second kappa shape index (κ2) is 6.97. The van der Waals surface area contributed by atoms with Crippen molar-refractivity contribution in [3.05, 3.63) is 24.3 Å². The summed E-state index contributed by atoms with van der Waals surface area (Å²) >= 11 is 0. The van der Waals surface area contributed by atoms with E-state index in [4.69, 9.17) is 0 Å². The molecular formula is C16H17F3N4O4. The molecule has 1 unspecified atom stereocenters. The number of halogens is 3. The monoisotopic (exact) mass is 386 g/mol. The van der Waals surface area contributed by atoms with Gasteiger partial charge in [-0.15, -0.1) is 13.2 Å². The summed E-state index contributed by atoms with van der Waals surface area (Å²) in [6.07, 6.45) is -4.53. The van der Waals surface area contributed by atoms with Crippen LogP contribution in [0.25, 0.3) is 0 Å². The van der Waals surface area contributed by atoms with Gasteiger partial charge in [-0.2, -0.15) is 0 Å². The number of ether oxygens (including phenoxy) is 1. The van der Waals surface area contributed by atoms with E-state index < -0.39 is 30.1 Å². The number of carbonyl (C=O) groups is 3. The lowest BCUT2D eigenvalue weighted by Crippen LogP contribution is -2.47. The van der Waals surface area contributed by atoms with Gasteiger partial charge in [-0.1, -0.05) is 6.07 Å². The number of likely N-dealkylation sites (N-methyl/N-ethyl adjacent to an activating group) is 1. The van der Waals surface area contributed by atoms with Gasteiger partial charge >= 0.3 is 12.4 Å². The summed E-state index contributed by atoms with van der Waals surface area (Å²) in [7, 11) is 1.56. The molecule has 146 valence electrons. The minimum Gasteiger partial charge on any atom is -0.406 e. The maximum atomic E-state index is 12.5. The smallest absolute Gasteiger partial charge is 0.406 e. The summed E-state index contributed by atoms with van der Waals surface area (Å²) in [6, 6.07) is 3.73. The van der Waals surface area contributed by atoms with Crippen molar-refractivity contribution in [3.63, 3.8) is 0 Å². The molecule has 11 heteroatoms. The second-order valence-corrected chi connectivity index (χ2v) is 6.26. The van der Waals surface area contributed by atoms with Crippen LogP contribution in [0.3, 0.4) is 0 Å². The number of nitrogens with one attached hydrogen (secondary N) is 1. The van der Waals surface area contributed by atoms with E-state index in [0.717, 1.165) is 12.1 Å². The van der Waals surface area contributed by atoms with E-state index in [0.29, 0.717) is 6.42 Å². The number of hydrogen-bond donors (Lipinski definition) is 1. The number of alkyl halides is 3. The van der Waals surface area contributed by atoms with E-state index in [2.05, 4.69) is 10.1 Å². The highest BCUT2D eigenvalue weighted by molar-refractivity contribution is 6.01. The molecule has 2 aliphatic heterocycles. The van der Waals surface area contributed by atoms with Crippen molar-refractivity contribution in [2.75, 3.05) is 31.7 Å². The zero-order valence-corrected chi connectivity index (χ0v) is 14.3. The van der Waals surface area contributed by atoms with Crippen LogP contribution in [0.1, 0.15) is 6.42 Å². The Kier molecular flexibility index (Phi) is 4.85. The number of amides is 4. The van der Waals surface area contributed by atoms with Gasteiger partial charge in [0.1, 0.15) is 18.3 Å². The van der Waals surface area contributed by atoms with Gasteiger partial charge in [-0.05, 0) is 18.6 Å². The Balaban J connectivity index is 1.64. The average Bonchev–Trinajstić information content (AvgIpc) is 3.09. The quantitative estimate of drug-likeness (QED) is 0.845. The van der Waals surface area contributed by atoms with Gasteiger partial charge in [-0.25, -0.2) is 4.79 Å². The molecule has 0 aromatic heterocycles. The lowest BCUT2D eigenvalue weighted by atomic mass is 10.2. The van der Waals surface area contributed by atoms with Crippen LogP contribution in [-0.4, -0.2) is 66.9 Å². The first kappa shape index (κ1) is 18.8. The lowest BCUT2D eigenvalue weighted by molar-refractivity contribution is -0.274. The van der Waals surface area contributed by atoms with Gasteiger partial charge in [-0.3, -0.25) is 14.5 Å². The molecule has 27 heavy (non-hydrogen) atoms. The van der Waals surface area contributed by atoms with Crippen molar-refractivity contribution in [1.82, 2.24) is 15.1 Å². The molecule has 2 saturated heterocycles. The number of rotatable bonds is 3. The number of benzene rings is 1. The third-order valence-corrected chi connectivity index (χ3v) is 4.29. The summed E-state index contributed by atoms with van der Waals surface area (Å²) in [5, 5.41) is 2.57. The number of nitrogens with zero attached hydrogens (tertiary/aromatic N) is 3. The maximum Gasteiger partial charge on any atom is 0.573 e. The summed E-state index contributed by atoms with van der Waals surface area (Å²) in [5.41, 5.74) is 0.245. The third kappa shape index (κ3) is 4.23. The van der Waals surface area contributed by atoms with Crippen LogP contribution >= 0.6 is 0 Å². The molecule has 3 rings (SSSR count). The van der Waals surface area contributed by atoms with Crippen LogP contribution in [0.15, 0.2) is 24.3 Å². The minimum absolute atomic E-state index is 0.0657. The Hall–Kier alpha value is -2.98. The van der Waals surface area contributed by atoms with Crippen LogP contribution in [0.5, 0.6) is 5.75 Å². The highest BCUT2D eigenvalue weighted by Gasteiger charge is 2.37. The normalized spacial score (nSPS) is 20.4. The topological polar surface area (TPSA) is 82.2 Å². The highest BCUT2D eigenvalue weighted by atomic mass is 19.4. The molecule has 0 spiro atoms. The van der Waals surface area contributed by atoms with E-state index in [9.17, 15) is 27.6 Å². The van der Waals surface area contributed by atoms with Crippen molar-refractivity contribution in [2.24, 2.45) is 0 Å². The zero-order valence-electron chi connectivity index (χ0n) is 14.3. The highest BCUT2D eigenvalue weighted by Crippen LogP contribution is 2.29. The van der Waals surface area contributed by atoms with E-state index >= 15 is 0 Å². The number of hydrogen-bond acceptors (Lipinski definition) is 4. The number of carbonyl (C=O) groups excluding carboxylic acids is 3. The van der Waals surface area contributed by atoms with E-state index in [1.807, 2.05) is 0 Å². The lowest BCUT2D eigenvalue weighted by Gasteiger charge is -2.20. The Bertz CT molecular complexity index is 770. The molecule has 1 aromatic rings. The molecule has 8 nitrogen and oxygen atoms in total. The summed E-state index contributed by atoms with van der Waals surface area (Å²) in [4.78, 5) is 40.2. The van der Waals surface area contributed by atoms with Gasteiger partial charge in [0, 0.05) is 25.3 Å². The molecule has 1 aromatic carbocycles. The van der Waals surface area contributed by atoms with E-state index in [1.165, 1.54) is 26.8 Å². The molecule has 2 aliphatic rings. The number of anilines is 1. The Morgan fingerprint density at radius 2 is 2.04 bits per heavy atom. The van der Waals surface area contributed by atoms with Crippen molar-refractivity contribution < 1.29 is 32.3 Å². The van der Waals surface area contributed by atoms with Crippen molar-refractivity contribution >= 4 is 23.5 Å². The zero-order chi connectivity index (χ0) is 19.8. The van der Waals surface area contributed by atoms with Crippen LogP contribution < -0.4 is 15.0 Å². The molecule has 4 amide bonds. The Labute approximate surface area is 152 Å². The molecular weight excluding hydrogens is 369 g/mol. The van der Waals surface area contributed by atoms with Gasteiger partial charge in [0.15, 0.2) is 0 Å². The van der Waals surface area contributed by atoms with Gasteiger partial charge in [0.05, 0.1) is 6.67 Å². The van der Waals surface area contributed by atoms with Gasteiger partial charge in [0.25, 0.3) is 0 Å². The van der Waals surface area contributed by atoms with E-state index in [1.54, 1.807) is 7.05 Å². The largest absolute Gasteiger partial charge is 0.573 e. The van der Waals surface area contributed by atoms with Crippen molar-refractivity contribution in [2.45, 2.75) is 18.8 Å². The van der Waals surface area contributed by atoms with Crippen LogP contribution in [0.2, 0.25) is 0 Å². The van der Waals surface area contributed by atoms with Gasteiger partial charge < -0.3 is 19.9 Å². The van der Waals surface area contributed by atoms with Crippen LogP contribution in [-0.2, 0) is 9.59 Å².